The summed E-state index contributed by atoms with van der Waals surface area (Å²) in [6, 6.07) is 7.55. The molecular formula is C20H16BrF2N3O4. The molecule has 0 aliphatic rings. The number of hydrogen-bond donors (Lipinski definition) is 2. The maximum atomic E-state index is 13.8. The van der Waals surface area contributed by atoms with Gasteiger partial charge in [0.2, 0.25) is 11.8 Å². The number of aliphatic hydroxyl groups excluding tert-OH is 1. The smallest absolute Gasteiger partial charge is 0.276 e. The molecule has 0 radical (unpaired) electrons. The second kappa shape index (κ2) is 8.72. The highest BCUT2D eigenvalue weighted by Gasteiger charge is 2.19. The molecule has 0 aliphatic heterocycles. The third-order valence-electron chi connectivity index (χ3n) is 4.32. The van der Waals surface area contributed by atoms with Gasteiger partial charge in [0.05, 0.1) is 5.69 Å². The van der Waals surface area contributed by atoms with Crippen molar-refractivity contribution in [2.24, 2.45) is 5.73 Å². The summed E-state index contributed by atoms with van der Waals surface area (Å²) in [6.45, 7) is 0.773. The van der Waals surface area contributed by atoms with E-state index in [1.54, 1.807) is 13.0 Å². The van der Waals surface area contributed by atoms with E-state index < -0.39 is 29.7 Å². The van der Waals surface area contributed by atoms with Crippen molar-refractivity contribution in [2.45, 2.75) is 20.1 Å². The SMILES string of the molecule is Cc1ccc(C(N)=O)cc1-n1c(CO)nc(OCc2ccc(F)cc2F)c(Br)c1=O. The number of carbonyl (C=O) groups excluding carboxylic acids is 1. The molecule has 30 heavy (non-hydrogen) atoms. The van der Waals surface area contributed by atoms with Crippen molar-refractivity contribution in [3.8, 4) is 11.6 Å². The topological polar surface area (TPSA) is 107 Å². The Hall–Kier alpha value is -3.11. The molecule has 0 bridgehead atoms. The maximum absolute atomic E-state index is 13.8. The monoisotopic (exact) mass is 479 g/mol. The molecule has 7 nitrogen and oxygen atoms in total. The first kappa shape index (κ1) is 21.6. The van der Waals surface area contributed by atoms with Crippen molar-refractivity contribution in [3.63, 3.8) is 0 Å². The minimum Gasteiger partial charge on any atom is -0.472 e. The van der Waals surface area contributed by atoms with Gasteiger partial charge in [-0.3, -0.25) is 14.2 Å². The van der Waals surface area contributed by atoms with Gasteiger partial charge in [-0.1, -0.05) is 6.07 Å². The second-order valence-electron chi connectivity index (χ2n) is 6.34. The zero-order chi connectivity index (χ0) is 22.0. The summed E-state index contributed by atoms with van der Waals surface area (Å²) in [7, 11) is 0. The zero-order valence-corrected chi connectivity index (χ0v) is 17.2. The fourth-order valence-corrected chi connectivity index (χ4v) is 3.14. The molecule has 10 heteroatoms. The molecule has 3 rings (SSSR count). The Kier molecular flexibility index (Phi) is 6.28. The molecule has 0 aliphatic carbocycles. The van der Waals surface area contributed by atoms with E-state index in [0.29, 0.717) is 17.3 Å². The standard InChI is InChI=1S/C20H16BrF2N3O4/c1-10-2-3-11(18(24)28)6-15(10)26-16(8-27)25-19(17(21)20(26)29)30-9-12-4-5-13(22)7-14(12)23/h2-7,27H,8-9H2,1H3,(H2,24,28). The number of nitrogens with zero attached hydrogens (tertiary/aromatic N) is 2. The lowest BCUT2D eigenvalue weighted by atomic mass is 10.1. The zero-order valence-electron chi connectivity index (χ0n) is 15.7. The van der Waals surface area contributed by atoms with Crippen LogP contribution in [0.1, 0.15) is 27.3 Å². The van der Waals surface area contributed by atoms with Crippen LogP contribution >= 0.6 is 15.9 Å². The van der Waals surface area contributed by atoms with Crippen molar-refractivity contribution in [1.29, 1.82) is 0 Å². The average Bonchev–Trinajstić information content (AvgIpc) is 2.70. The Morgan fingerprint density at radius 1 is 1.27 bits per heavy atom. The lowest BCUT2D eigenvalue weighted by molar-refractivity contribution is 0.1000. The minimum absolute atomic E-state index is 0.0600. The van der Waals surface area contributed by atoms with E-state index in [1.165, 1.54) is 18.2 Å². The van der Waals surface area contributed by atoms with Gasteiger partial charge >= 0.3 is 0 Å². The van der Waals surface area contributed by atoms with Crippen LogP contribution in [0, 0.1) is 18.6 Å². The van der Waals surface area contributed by atoms with Crippen LogP contribution in [0.5, 0.6) is 5.88 Å². The molecule has 1 aromatic heterocycles. The van der Waals surface area contributed by atoms with E-state index in [1.807, 2.05) is 0 Å². The minimum atomic E-state index is -0.805. The van der Waals surface area contributed by atoms with Crippen LogP contribution in [0.4, 0.5) is 8.78 Å². The number of primary amides is 1. The summed E-state index contributed by atoms with van der Waals surface area (Å²) in [5.74, 6) is -2.45. The maximum Gasteiger partial charge on any atom is 0.276 e. The van der Waals surface area contributed by atoms with Gasteiger partial charge in [0.25, 0.3) is 5.56 Å². The fraction of sp³-hybridized carbons (Fsp3) is 0.150. The second-order valence-corrected chi connectivity index (χ2v) is 7.13. The van der Waals surface area contributed by atoms with Gasteiger partial charge in [-0.25, -0.2) is 8.78 Å². The number of rotatable bonds is 6. The predicted octanol–water partition coefficient (Wildman–Crippen LogP) is 2.75. The average molecular weight is 480 g/mol. The molecule has 1 heterocycles. The molecule has 1 amide bonds. The van der Waals surface area contributed by atoms with Gasteiger partial charge in [0.15, 0.2) is 0 Å². The lowest BCUT2D eigenvalue weighted by Gasteiger charge is -2.16. The van der Waals surface area contributed by atoms with Crippen LogP contribution in [-0.2, 0) is 13.2 Å². The van der Waals surface area contributed by atoms with Crippen LogP contribution < -0.4 is 16.0 Å². The van der Waals surface area contributed by atoms with Gasteiger partial charge in [-0.05, 0) is 52.7 Å². The molecule has 0 unspecified atom stereocenters. The summed E-state index contributed by atoms with van der Waals surface area (Å²) in [5, 5.41) is 9.76. The quantitative estimate of drug-likeness (QED) is 0.565. The number of halogens is 3. The van der Waals surface area contributed by atoms with Gasteiger partial charge < -0.3 is 15.6 Å². The van der Waals surface area contributed by atoms with Crippen molar-refractivity contribution in [2.75, 3.05) is 0 Å². The molecule has 156 valence electrons. The predicted molar refractivity (Wildman–Crippen MR) is 107 cm³/mol. The fourth-order valence-electron chi connectivity index (χ4n) is 2.76. The van der Waals surface area contributed by atoms with Gasteiger partial charge in [-0.15, -0.1) is 0 Å². The van der Waals surface area contributed by atoms with Crippen LogP contribution in [0.2, 0.25) is 0 Å². The van der Waals surface area contributed by atoms with E-state index >= 15 is 0 Å². The van der Waals surface area contributed by atoms with Crippen LogP contribution in [0.15, 0.2) is 45.7 Å². The Labute approximate surface area is 177 Å². The van der Waals surface area contributed by atoms with Crippen LogP contribution in [0.25, 0.3) is 5.69 Å². The van der Waals surface area contributed by atoms with Crippen LogP contribution in [-0.4, -0.2) is 20.6 Å². The van der Waals surface area contributed by atoms with Crippen LogP contribution in [0.3, 0.4) is 0 Å². The third-order valence-corrected chi connectivity index (χ3v) is 5.00. The lowest BCUT2D eigenvalue weighted by Crippen LogP contribution is -2.26. The molecule has 0 fully saturated rings. The summed E-state index contributed by atoms with van der Waals surface area (Å²) in [4.78, 5) is 28.6. The number of nitrogens with two attached hydrogens (primary N) is 1. The first-order chi connectivity index (χ1) is 14.2. The normalized spacial score (nSPS) is 10.8. The van der Waals surface area contributed by atoms with E-state index in [-0.39, 0.29) is 33.9 Å². The molecule has 0 saturated carbocycles. The molecule has 2 aromatic carbocycles. The summed E-state index contributed by atoms with van der Waals surface area (Å²) in [6.07, 6.45) is 0. The summed E-state index contributed by atoms with van der Waals surface area (Å²) in [5.41, 5.74) is 5.88. The van der Waals surface area contributed by atoms with E-state index in [2.05, 4.69) is 20.9 Å². The largest absolute Gasteiger partial charge is 0.472 e. The highest BCUT2D eigenvalue weighted by molar-refractivity contribution is 9.10. The number of aryl methyl sites for hydroxylation is 1. The number of amides is 1. The molecule has 3 N–H and O–H groups in total. The highest BCUT2D eigenvalue weighted by atomic mass is 79.9. The van der Waals surface area contributed by atoms with Crippen molar-refractivity contribution >= 4 is 21.8 Å². The molecule has 0 spiro atoms. The van der Waals surface area contributed by atoms with Crippen molar-refractivity contribution in [1.82, 2.24) is 9.55 Å². The molecule has 0 saturated heterocycles. The number of aliphatic hydroxyl groups is 1. The number of hydrogen-bond acceptors (Lipinski definition) is 5. The van der Waals surface area contributed by atoms with Crippen molar-refractivity contribution in [3.05, 3.63) is 85.4 Å². The van der Waals surface area contributed by atoms with E-state index in [0.717, 1.165) is 10.6 Å². The van der Waals surface area contributed by atoms with Crippen molar-refractivity contribution < 1.29 is 23.4 Å². The summed E-state index contributed by atoms with van der Waals surface area (Å²) < 4.78 is 33.3. The van der Waals surface area contributed by atoms with E-state index in [9.17, 15) is 23.5 Å². The third kappa shape index (κ3) is 4.24. The van der Waals surface area contributed by atoms with E-state index in [4.69, 9.17) is 10.5 Å². The number of ether oxygens (including phenoxy) is 1. The Morgan fingerprint density at radius 3 is 2.63 bits per heavy atom. The number of benzene rings is 2. The molecular weight excluding hydrogens is 464 g/mol. The van der Waals surface area contributed by atoms with Gasteiger partial charge in [-0.2, -0.15) is 4.98 Å². The first-order valence-corrected chi connectivity index (χ1v) is 9.42. The highest BCUT2D eigenvalue weighted by Crippen LogP contribution is 2.24. The number of aromatic nitrogens is 2. The molecule has 3 aromatic rings. The van der Waals surface area contributed by atoms with Gasteiger partial charge in [0.1, 0.15) is 35.1 Å². The molecule has 0 atom stereocenters. The van der Waals surface area contributed by atoms with Gasteiger partial charge in [0, 0.05) is 17.2 Å². The Balaban J connectivity index is 2.05. The first-order valence-electron chi connectivity index (χ1n) is 8.62. The Bertz CT molecular complexity index is 1200. The Morgan fingerprint density at radius 2 is 2.00 bits per heavy atom. The number of carbonyl (C=O) groups is 1. The summed E-state index contributed by atoms with van der Waals surface area (Å²) >= 11 is 3.12.